The molecule has 3 atom stereocenters. The Hall–Kier alpha value is -2.39. The summed E-state index contributed by atoms with van der Waals surface area (Å²) in [5, 5.41) is 3.00. The van der Waals surface area contributed by atoms with Crippen LogP contribution in [0, 0.1) is 11.7 Å². The summed E-state index contributed by atoms with van der Waals surface area (Å²) >= 11 is 0. The van der Waals surface area contributed by atoms with Gasteiger partial charge in [-0.2, -0.15) is 0 Å². The van der Waals surface area contributed by atoms with Crippen LogP contribution < -0.4 is 10.2 Å². The number of alkyl carbamates (subject to hydrolysis) is 1. The smallest absolute Gasteiger partial charge is 0.408 e. The van der Waals surface area contributed by atoms with Crippen molar-refractivity contribution in [2.24, 2.45) is 5.92 Å². The molecule has 204 valence electrons. The van der Waals surface area contributed by atoms with Crippen LogP contribution in [0.1, 0.15) is 57.9 Å². The first-order valence-electron chi connectivity index (χ1n) is 13.8. The fourth-order valence-electron chi connectivity index (χ4n) is 6.41. The van der Waals surface area contributed by atoms with E-state index in [1.807, 2.05) is 6.07 Å². The summed E-state index contributed by atoms with van der Waals surface area (Å²) in [4.78, 5) is 30.5. The van der Waals surface area contributed by atoms with Crippen molar-refractivity contribution < 1.29 is 28.2 Å². The van der Waals surface area contributed by atoms with E-state index in [0.717, 1.165) is 36.9 Å². The zero-order valence-electron chi connectivity index (χ0n) is 22.0. The largest absolute Gasteiger partial charge is 0.436 e. The number of rotatable bonds is 6. The molecule has 3 heterocycles. The van der Waals surface area contributed by atoms with Gasteiger partial charge in [0.15, 0.2) is 6.10 Å². The van der Waals surface area contributed by atoms with Crippen LogP contribution in [0.15, 0.2) is 18.2 Å². The molecule has 1 N–H and O–H groups in total. The molecule has 4 aliphatic rings. The van der Waals surface area contributed by atoms with E-state index in [1.54, 1.807) is 11.0 Å². The van der Waals surface area contributed by atoms with Crippen molar-refractivity contribution in [3.8, 4) is 0 Å². The Labute approximate surface area is 218 Å². The number of nitrogens with one attached hydrogen (secondary N) is 1. The third kappa shape index (κ3) is 5.87. The van der Waals surface area contributed by atoms with Gasteiger partial charge >= 0.3 is 6.09 Å². The van der Waals surface area contributed by atoms with E-state index >= 15 is 0 Å². The monoisotopic (exact) mass is 517 g/mol. The Morgan fingerprint density at radius 2 is 1.89 bits per heavy atom. The molecule has 2 saturated heterocycles. The molecular weight excluding hydrogens is 477 g/mol. The van der Waals surface area contributed by atoms with Gasteiger partial charge < -0.3 is 29.3 Å². The maximum absolute atomic E-state index is 14.0. The van der Waals surface area contributed by atoms with Crippen molar-refractivity contribution in [1.29, 1.82) is 0 Å². The summed E-state index contributed by atoms with van der Waals surface area (Å²) in [6, 6.07) is 4.49. The number of hydrogen-bond acceptors (Lipinski definition) is 6. The highest BCUT2D eigenvalue weighted by molar-refractivity contribution is 5.83. The van der Waals surface area contributed by atoms with Crippen LogP contribution in [0.3, 0.4) is 0 Å². The Morgan fingerprint density at radius 3 is 2.65 bits per heavy atom. The second-order valence-corrected chi connectivity index (χ2v) is 11.6. The number of hydrogen-bond donors (Lipinski definition) is 1. The fraction of sp³-hybridized carbons (Fsp3) is 0.714. The SMILES string of the molecule is CC1(C)CN([C@H]2COCC2NC(=O)OC(CC2CCCCC2)C(=O)N2CCOCC2)c2ccc(F)cc21. The lowest BCUT2D eigenvalue weighted by atomic mass is 9.85. The predicted octanol–water partition coefficient (Wildman–Crippen LogP) is 3.61. The standard InChI is InChI=1S/C28H40FN3O5/c1-28(2)18-32(23-9-8-20(29)15-21(23)28)24-17-36-16-22(24)30-27(34)37-25(14-19-6-4-3-5-7-19)26(33)31-10-12-35-13-11-31/h8-9,15,19,22,24-25H,3-7,10-14,16-18H2,1-2H3,(H,30,34)/t22?,24-,25?/m0/s1. The summed E-state index contributed by atoms with van der Waals surface area (Å²) < 4.78 is 31.0. The van der Waals surface area contributed by atoms with Crippen LogP contribution in [-0.4, -0.2) is 81.1 Å². The van der Waals surface area contributed by atoms with Crippen LogP contribution >= 0.6 is 0 Å². The number of fused-ring (bicyclic) bond motifs is 1. The lowest BCUT2D eigenvalue weighted by Crippen LogP contribution is -2.53. The van der Waals surface area contributed by atoms with E-state index in [2.05, 4.69) is 24.1 Å². The molecular formula is C28H40FN3O5. The molecule has 1 aromatic rings. The van der Waals surface area contributed by atoms with E-state index in [-0.39, 0.29) is 29.2 Å². The van der Waals surface area contributed by atoms with Crippen molar-refractivity contribution in [2.75, 3.05) is 51.0 Å². The topological polar surface area (TPSA) is 80.3 Å². The number of anilines is 1. The number of benzene rings is 1. The average Bonchev–Trinajstić information content (AvgIpc) is 3.45. The van der Waals surface area contributed by atoms with Gasteiger partial charge in [0.05, 0.1) is 38.5 Å². The van der Waals surface area contributed by atoms with Gasteiger partial charge in [0.1, 0.15) is 5.82 Å². The zero-order valence-corrected chi connectivity index (χ0v) is 22.0. The summed E-state index contributed by atoms with van der Waals surface area (Å²) in [7, 11) is 0. The average molecular weight is 518 g/mol. The first-order chi connectivity index (χ1) is 17.8. The summed E-state index contributed by atoms with van der Waals surface area (Å²) in [5.41, 5.74) is 1.71. The Kier molecular flexibility index (Phi) is 7.91. The van der Waals surface area contributed by atoms with Crippen molar-refractivity contribution in [3.05, 3.63) is 29.6 Å². The van der Waals surface area contributed by atoms with E-state index < -0.39 is 12.2 Å². The second kappa shape index (κ2) is 11.2. The quantitative estimate of drug-likeness (QED) is 0.621. The number of amides is 2. The molecule has 1 saturated carbocycles. The molecule has 1 aliphatic carbocycles. The van der Waals surface area contributed by atoms with Gasteiger partial charge in [0, 0.05) is 30.7 Å². The van der Waals surface area contributed by atoms with Crippen LogP contribution in [0.4, 0.5) is 14.9 Å². The highest BCUT2D eigenvalue weighted by Crippen LogP contribution is 2.42. The summed E-state index contributed by atoms with van der Waals surface area (Å²) in [5.74, 6) is 0.0202. The lowest BCUT2D eigenvalue weighted by Gasteiger charge is -2.34. The zero-order chi connectivity index (χ0) is 26.0. The van der Waals surface area contributed by atoms with Gasteiger partial charge in [-0.15, -0.1) is 0 Å². The Morgan fingerprint density at radius 1 is 1.14 bits per heavy atom. The van der Waals surface area contributed by atoms with Gasteiger partial charge in [-0.1, -0.05) is 46.0 Å². The highest BCUT2D eigenvalue weighted by atomic mass is 19.1. The molecule has 2 amide bonds. The van der Waals surface area contributed by atoms with Crippen LogP contribution in [-0.2, 0) is 24.4 Å². The minimum atomic E-state index is -0.795. The summed E-state index contributed by atoms with van der Waals surface area (Å²) in [6.07, 6.45) is 4.88. The molecule has 5 rings (SSSR count). The second-order valence-electron chi connectivity index (χ2n) is 11.6. The van der Waals surface area contributed by atoms with Crippen molar-refractivity contribution in [2.45, 2.75) is 76.0 Å². The van der Waals surface area contributed by atoms with E-state index in [9.17, 15) is 14.0 Å². The number of halogens is 1. The van der Waals surface area contributed by atoms with Crippen LogP contribution in [0.5, 0.6) is 0 Å². The van der Waals surface area contributed by atoms with Gasteiger partial charge in [0.25, 0.3) is 5.91 Å². The van der Waals surface area contributed by atoms with Crippen molar-refractivity contribution >= 4 is 17.7 Å². The van der Waals surface area contributed by atoms with Gasteiger partial charge in [-0.3, -0.25) is 4.79 Å². The molecule has 9 heteroatoms. The number of carbonyl (C=O) groups is 2. The number of carbonyl (C=O) groups excluding carboxylic acids is 2. The van der Waals surface area contributed by atoms with Gasteiger partial charge in [-0.05, 0) is 36.1 Å². The minimum absolute atomic E-state index is 0.106. The number of nitrogens with zero attached hydrogens (tertiary/aromatic N) is 2. The lowest BCUT2D eigenvalue weighted by molar-refractivity contribution is -0.145. The Bertz CT molecular complexity index is 977. The third-order valence-electron chi connectivity index (χ3n) is 8.44. The molecule has 0 spiro atoms. The highest BCUT2D eigenvalue weighted by Gasteiger charge is 2.44. The maximum Gasteiger partial charge on any atom is 0.408 e. The third-order valence-corrected chi connectivity index (χ3v) is 8.44. The van der Waals surface area contributed by atoms with Crippen molar-refractivity contribution in [3.63, 3.8) is 0 Å². The molecule has 1 aromatic carbocycles. The minimum Gasteiger partial charge on any atom is -0.436 e. The van der Waals surface area contributed by atoms with Crippen molar-refractivity contribution in [1.82, 2.24) is 10.2 Å². The van der Waals surface area contributed by atoms with Gasteiger partial charge in [0.2, 0.25) is 0 Å². The van der Waals surface area contributed by atoms with E-state index in [1.165, 1.54) is 12.5 Å². The predicted molar refractivity (Wildman–Crippen MR) is 137 cm³/mol. The van der Waals surface area contributed by atoms with E-state index in [4.69, 9.17) is 14.2 Å². The molecule has 3 fully saturated rings. The molecule has 8 nitrogen and oxygen atoms in total. The number of morpholine rings is 1. The first-order valence-corrected chi connectivity index (χ1v) is 13.8. The van der Waals surface area contributed by atoms with Gasteiger partial charge in [-0.25, -0.2) is 9.18 Å². The number of ether oxygens (including phenoxy) is 3. The Balaban J connectivity index is 1.26. The maximum atomic E-state index is 14.0. The van der Waals surface area contributed by atoms with Crippen LogP contribution in [0.25, 0.3) is 0 Å². The molecule has 0 aromatic heterocycles. The molecule has 3 aliphatic heterocycles. The molecule has 2 unspecified atom stereocenters. The molecule has 0 radical (unpaired) electrons. The molecule has 37 heavy (non-hydrogen) atoms. The normalized spacial score (nSPS) is 26.6. The van der Waals surface area contributed by atoms with E-state index in [0.29, 0.717) is 58.4 Å². The fourth-order valence-corrected chi connectivity index (χ4v) is 6.41. The van der Waals surface area contributed by atoms with Crippen LogP contribution in [0.2, 0.25) is 0 Å². The summed E-state index contributed by atoms with van der Waals surface area (Å²) in [6.45, 7) is 7.78. The molecule has 0 bridgehead atoms. The first kappa shape index (κ1) is 26.2.